The van der Waals surface area contributed by atoms with Crippen LogP contribution in [0.2, 0.25) is 0 Å². The molecule has 0 aliphatic heterocycles. The van der Waals surface area contributed by atoms with Crippen LogP contribution in [0, 0.1) is 0 Å². The number of pyridine rings is 1. The number of rotatable bonds is 6. The molecule has 8 heteroatoms. The van der Waals surface area contributed by atoms with Crippen molar-refractivity contribution in [1.82, 2.24) is 9.71 Å². The van der Waals surface area contributed by atoms with Crippen molar-refractivity contribution in [3.8, 4) is 5.75 Å². The van der Waals surface area contributed by atoms with Crippen LogP contribution in [0.3, 0.4) is 0 Å². The van der Waals surface area contributed by atoms with E-state index in [0.717, 1.165) is 0 Å². The molecule has 2 rings (SSSR count). The van der Waals surface area contributed by atoms with Gasteiger partial charge in [-0.15, -0.1) is 0 Å². The van der Waals surface area contributed by atoms with E-state index in [-0.39, 0.29) is 28.1 Å². The van der Waals surface area contributed by atoms with Crippen molar-refractivity contribution >= 4 is 21.7 Å². The minimum atomic E-state index is -3.61. The number of nitrogens with one attached hydrogen (secondary N) is 2. The molecule has 1 unspecified atom stereocenters. The Labute approximate surface area is 140 Å². The van der Waals surface area contributed by atoms with E-state index in [0.29, 0.717) is 6.42 Å². The fourth-order valence-electron chi connectivity index (χ4n) is 1.87. The largest absolute Gasteiger partial charge is 0.504 e. The van der Waals surface area contributed by atoms with Crippen LogP contribution in [-0.2, 0) is 10.0 Å². The highest BCUT2D eigenvalue weighted by atomic mass is 32.2. The minimum absolute atomic E-state index is 0.0395. The smallest absolute Gasteiger partial charge is 0.256 e. The topological polar surface area (TPSA) is 108 Å². The number of amides is 1. The van der Waals surface area contributed by atoms with E-state index < -0.39 is 15.9 Å². The number of anilines is 1. The summed E-state index contributed by atoms with van der Waals surface area (Å²) in [7, 11) is -3.61. The molecule has 24 heavy (non-hydrogen) atoms. The lowest BCUT2D eigenvalue weighted by Crippen LogP contribution is -2.32. The quantitative estimate of drug-likeness (QED) is 0.740. The zero-order chi connectivity index (χ0) is 17.7. The van der Waals surface area contributed by atoms with Gasteiger partial charge in [-0.1, -0.05) is 6.92 Å². The van der Waals surface area contributed by atoms with Crippen LogP contribution in [0.1, 0.15) is 30.6 Å². The van der Waals surface area contributed by atoms with Crippen LogP contribution in [-0.4, -0.2) is 30.5 Å². The van der Waals surface area contributed by atoms with Gasteiger partial charge in [-0.05, 0) is 49.7 Å². The molecule has 0 radical (unpaired) electrons. The lowest BCUT2D eigenvalue weighted by atomic mass is 10.2. The number of benzene rings is 1. The van der Waals surface area contributed by atoms with Crippen LogP contribution < -0.4 is 10.0 Å². The van der Waals surface area contributed by atoms with Crippen molar-refractivity contribution in [3.05, 3.63) is 48.2 Å². The molecule has 128 valence electrons. The maximum Gasteiger partial charge on any atom is 0.256 e. The molecule has 0 aliphatic rings. The molecule has 1 heterocycles. The number of carbonyl (C=O) groups is 1. The van der Waals surface area contributed by atoms with E-state index in [4.69, 9.17) is 0 Å². The fourth-order valence-corrected chi connectivity index (χ4v) is 3.20. The SMILES string of the molecule is CCC(C)NS(=O)(=O)c1ccc(C(=O)Nc2ncccc2O)cc1. The predicted molar refractivity (Wildman–Crippen MR) is 90.4 cm³/mol. The van der Waals surface area contributed by atoms with Gasteiger partial charge in [0.15, 0.2) is 11.6 Å². The number of aromatic nitrogens is 1. The fraction of sp³-hybridized carbons (Fsp3) is 0.250. The molecule has 0 spiro atoms. The van der Waals surface area contributed by atoms with Crippen LogP contribution in [0.5, 0.6) is 5.75 Å². The Hall–Kier alpha value is -2.45. The molecule has 0 saturated heterocycles. The summed E-state index contributed by atoms with van der Waals surface area (Å²) in [5, 5.41) is 12.1. The van der Waals surface area contributed by atoms with Crippen molar-refractivity contribution in [2.45, 2.75) is 31.2 Å². The second-order valence-corrected chi connectivity index (χ2v) is 6.99. The van der Waals surface area contributed by atoms with Gasteiger partial charge in [0.2, 0.25) is 10.0 Å². The van der Waals surface area contributed by atoms with Gasteiger partial charge >= 0.3 is 0 Å². The Kier molecular flexibility index (Phi) is 5.53. The molecule has 7 nitrogen and oxygen atoms in total. The first kappa shape index (κ1) is 17.9. The van der Waals surface area contributed by atoms with Crippen molar-refractivity contribution in [2.24, 2.45) is 0 Å². The Morgan fingerprint density at radius 3 is 2.50 bits per heavy atom. The van der Waals surface area contributed by atoms with Gasteiger partial charge in [-0.2, -0.15) is 0 Å². The Morgan fingerprint density at radius 1 is 1.25 bits per heavy atom. The summed E-state index contributed by atoms with van der Waals surface area (Å²) in [6, 6.07) is 8.29. The summed E-state index contributed by atoms with van der Waals surface area (Å²) in [4.78, 5) is 16.1. The summed E-state index contributed by atoms with van der Waals surface area (Å²) in [5.74, 6) is -0.608. The lowest BCUT2D eigenvalue weighted by Gasteiger charge is -2.12. The zero-order valence-corrected chi connectivity index (χ0v) is 14.2. The summed E-state index contributed by atoms with van der Waals surface area (Å²) in [6.45, 7) is 3.66. The molecule has 1 atom stereocenters. The first-order chi connectivity index (χ1) is 11.3. The molecule has 0 fully saturated rings. The van der Waals surface area contributed by atoms with Crippen molar-refractivity contribution in [3.63, 3.8) is 0 Å². The Morgan fingerprint density at radius 2 is 1.92 bits per heavy atom. The van der Waals surface area contributed by atoms with Crippen molar-refractivity contribution in [1.29, 1.82) is 0 Å². The summed E-state index contributed by atoms with van der Waals surface area (Å²) >= 11 is 0. The highest BCUT2D eigenvalue weighted by Crippen LogP contribution is 2.19. The monoisotopic (exact) mass is 349 g/mol. The molecule has 0 bridgehead atoms. The minimum Gasteiger partial charge on any atom is -0.504 e. The van der Waals surface area contributed by atoms with Crippen LogP contribution >= 0.6 is 0 Å². The number of nitrogens with zero attached hydrogens (tertiary/aromatic N) is 1. The highest BCUT2D eigenvalue weighted by molar-refractivity contribution is 7.89. The van der Waals surface area contributed by atoms with E-state index in [1.807, 2.05) is 6.92 Å². The number of hydrogen-bond acceptors (Lipinski definition) is 5. The lowest BCUT2D eigenvalue weighted by molar-refractivity contribution is 0.102. The molecule has 0 aliphatic carbocycles. The number of aromatic hydroxyl groups is 1. The summed E-state index contributed by atoms with van der Waals surface area (Å²) < 4.78 is 26.9. The third-order valence-electron chi connectivity index (χ3n) is 3.41. The van der Waals surface area contributed by atoms with E-state index in [9.17, 15) is 18.3 Å². The second-order valence-electron chi connectivity index (χ2n) is 5.28. The zero-order valence-electron chi connectivity index (χ0n) is 13.4. The average molecular weight is 349 g/mol. The number of hydrogen-bond donors (Lipinski definition) is 3. The summed E-state index contributed by atoms with van der Waals surface area (Å²) in [6.07, 6.45) is 2.11. The third-order valence-corrected chi connectivity index (χ3v) is 5.02. The van der Waals surface area contributed by atoms with Crippen LogP contribution in [0.4, 0.5) is 5.82 Å². The first-order valence-electron chi connectivity index (χ1n) is 7.41. The second kappa shape index (κ2) is 7.41. The molecule has 1 aromatic carbocycles. The van der Waals surface area contributed by atoms with Gasteiger partial charge in [0.05, 0.1) is 4.90 Å². The highest BCUT2D eigenvalue weighted by Gasteiger charge is 2.17. The molecule has 0 saturated carbocycles. The van der Waals surface area contributed by atoms with Crippen molar-refractivity contribution in [2.75, 3.05) is 5.32 Å². The molecular weight excluding hydrogens is 330 g/mol. The number of carbonyl (C=O) groups excluding carboxylic acids is 1. The summed E-state index contributed by atoms with van der Waals surface area (Å²) in [5.41, 5.74) is 0.252. The van der Waals surface area contributed by atoms with E-state index >= 15 is 0 Å². The molecule has 1 aromatic heterocycles. The first-order valence-corrected chi connectivity index (χ1v) is 8.89. The van der Waals surface area contributed by atoms with Gasteiger partial charge in [0.1, 0.15) is 0 Å². The molecule has 2 aromatic rings. The van der Waals surface area contributed by atoms with Gasteiger partial charge in [-0.25, -0.2) is 18.1 Å². The van der Waals surface area contributed by atoms with E-state index in [1.165, 1.54) is 42.6 Å². The van der Waals surface area contributed by atoms with Crippen LogP contribution in [0.15, 0.2) is 47.5 Å². The van der Waals surface area contributed by atoms with Gasteiger partial charge in [0.25, 0.3) is 5.91 Å². The van der Waals surface area contributed by atoms with E-state index in [1.54, 1.807) is 6.92 Å². The normalized spacial score (nSPS) is 12.6. The predicted octanol–water partition coefficient (Wildman–Crippen LogP) is 2.12. The van der Waals surface area contributed by atoms with Gasteiger partial charge < -0.3 is 10.4 Å². The maximum absolute atomic E-state index is 12.2. The Balaban J connectivity index is 2.14. The third kappa shape index (κ3) is 4.30. The average Bonchev–Trinajstić information content (AvgIpc) is 2.56. The van der Waals surface area contributed by atoms with Crippen molar-refractivity contribution < 1.29 is 18.3 Å². The molecule has 1 amide bonds. The standard InChI is InChI=1S/C16H19N3O4S/c1-3-11(2)19-24(22,23)13-8-6-12(7-9-13)16(21)18-15-14(20)5-4-10-17-15/h4-11,19-20H,3H2,1-2H3,(H,17,18,21). The van der Waals surface area contributed by atoms with Gasteiger partial charge in [0, 0.05) is 17.8 Å². The van der Waals surface area contributed by atoms with Crippen LogP contribution in [0.25, 0.3) is 0 Å². The maximum atomic E-state index is 12.2. The van der Waals surface area contributed by atoms with Gasteiger partial charge in [-0.3, -0.25) is 4.79 Å². The Bertz CT molecular complexity index is 819. The molecule has 3 N–H and O–H groups in total. The molecular formula is C16H19N3O4S. The number of sulfonamides is 1. The van der Waals surface area contributed by atoms with E-state index in [2.05, 4.69) is 15.0 Å².